The van der Waals surface area contributed by atoms with Gasteiger partial charge in [-0.2, -0.15) is 0 Å². The van der Waals surface area contributed by atoms with Gasteiger partial charge in [-0.05, 0) is 60.9 Å². The first kappa shape index (κ1) is 14.9. The molecule has 0 spiro atoms. The highest BCUT2D eigenvalue weighted by Gasteiger charge is 2.02. The summed E-state index contributed by atoms with van der Waals surface area (Å²) < 4.78 is 5.38. The summed E-state index contributed by atoms with van der Waals surface area (Å²) in [5, 5.41) is 9.71. The third kappa shape index (κ3) is 4.21. The summed E-state index contributed by atoms with van der Waals surface area (Å²) in [4.78, 5) is 11.8. The lowest BCUT2D eigenvalue weighted by Crippen LogP contribution is -2.07. The van der Waals surface area contributed by atoms with Crippen LogP contribution in [-0.2, 0) is 4.79 Å². The molecule has 0 heterocycles. The van der Waals surface area contributed by atoms with Crippen molar-refractivity contribution in [3.05, 3.63) is 65.2 Å². The normalized spacial score (nSPS) is 10.8. The summed E-state index contributed by atoms with van der Waals surface area (Å²) in [5.41, 5.74) is 2.47. The minimum Gasteiger partial charge on any atom is -0.507 e. The number of benzene rings is 2. The Labute approximate surface area is 124 Å². The maximum absolute atomic E-state index is 11.8. The van der Waals surface area contributed by atoms with Gasteiger partial charge in [-0.3, -0.25) is 4.79 Å². The molecule has 0 radical (unpaired) electrons. The summed E-state index contributed by atoms with van der Waals surface area (Å²) in [5.74, 6) is 0.865. The zero-order valence-corrected chi connectivity index (χ0v) is 12.2. The number of ether oxygens (including phenoxy) is 1. The SMILES string of the molecule is Cc1cc(C=CC(=O)COc2ccccc2)cc(C)c1O. The van der Waals surface area contributed by atoms with Crippen LogP contribution in [0.1, 0.15) is 16.7 Å². The van der Waals surface area contributed by atoms with E-state index in [0.29, 0.717) is 11.5 Å². The monoisotopic (exact) mass is 282 g/mol. The quantitative estimate of drug-likeness (QED) is 0.851. The Balaban J connectivity index is 1.96. The summed E-state index contributed by atoms with van der Waals surface area (Å²) in [6.45, 7) is 3.68. The van der Waals surface area contributed by atoms with E-state index >= 15 is 0 Å². The average molecular weight is 282 g/mol. The van der Waals surface area contributed by atoms with Gasteiger partial charge in [-0.1, -0.05) is 24.3 Å². The lowest BCUT2D eigenvalue weighted by Gasteiger charge is -2.05. The van der Waals surface area contributed by atoms with Crippen LogP contribution in [0.2, 0.25) is 0 Å². The van der Waals surface area contributed by atoms with Crippen LogP contribution in [0.15, 0.2) is 48.5 Å². The summed E-state index contributed by atoms with van der Waals surface area (Å²) >= 11 is 0. The lowest BCUT2D eigenvalue weighted by molar-refractivity contribution is -0.116. The number of phenols is 1. The van der Waals surface area contributed by atoms with E-state index in [9.17, 15) is 9.90 Å². The number of carbonyl (C=O) groups is 1. The first-order chi connectivity index (χ1) is 10.1. The molecule has 3 heteroatoms. The van der Waals surface area contributed by atoms with Crippen molar-refractivity contribution in [2.75, 3.05) is 6.61 Å². The van der Waals surface area contributed by atoms with E-state index in [1.54, 1.807) is 6.08 Å². The molecule has 0 saturated heterocycles. The zero-order chi connectivity index (χ0) is 15.2. The molecular formula is C18H18O3. The van der Waals surface area contributed by atoms with Crippen molar-refractivity contribution in [1.82, 2.24) is 0 Å². The molecule has 3 nitrogen and oxygen atoms in total. The molecule has 2 aromatic rings. The Hall–Kier alpha value is -2.55. The van der Waals surface area contributed by atoms with Crippen LogP contribution in [-0.4, -0.2) is 17.5 Å². The van der Waals surface area contributed by atoms with Crippen molar-refractivity contribution in [3.63, 3.8) is 0 Å². The first-order valence-corrected chi connectivity index (χ1v) is 6.75. The Bertz CT molecular complexity index is 634. The van der Waals surface area contributed by atoms with Gasteiger partial charge in [0.2, 0.25) is 0 Å². The molecule has 0 atom stereocenters. The van der Waals surface area contributed by atoms with Crippen LogP contribution in [0, 0.1) is 13.8 Å². The fourth-order valence-corrected chi connectivity index (χ4v) is 1.99. The van der Waals surface area contributed by atoms with Crippen LogP contribution in [0.5, 0.6) is 11.5 Å². The minimum absolute atomic E-state index is 0.0105. The molecular weight excluding hydrogens is 264 g/mol. The number of para-hydroxylation sites is 1. The highest BCUT2D eigenvalue weighted by atomic mass is 16.5. The molecule has 1 N–H and O–H groups in total. The van der Waals surface area contributed by atoms with Gasteiger partial charge in [0.25, 0.3) is 0 Å². The highest BCUT2D eigenvalue weighted by Crippen LogP contribution is 2.23. The summed E-state index contributed by atoms with van der Waals surface area (Å²) in [6.07, 6.45) is 3.23. The number of carbonyl (C=O) groups excluding carboxylic acids is 1. The fourth-order valence-electron chi connectivity index (χ4n) is 1.99. The van der Waals surface area contributed by atoms with Crippen molar-refractivity contribution in [3.8, 4) is 11.5 Å². The Morgan fingerprint density at radius 3 is 2.38 bits per heavy atom. The van der Waals surface area contributed by atoms with Gasteiger partial charge in [-0.15, -0.1) is 0 Å². The predicted octanol–water partition coefficient (Wildman–Crippen LogP) is 3.67. The third-order valence-electron chi connectivity index (χ3n) is 3.10. The standard InChI is InChI=1S/C18H18O3/c1-13-10-15(11-14(2)18(13)20)8-9-16(19)12-21-17-6-4-3-5-7-17/h3-11,20H,12H2,1-2H3. The molecule has 0 amide bonds. The fraction of sp³-hybridized carbons (Fsp3) is 0.167. The summed E-state index contributed by atoms with van der Waals surface area (Å²) in [7, 11) is 0. The molecule has 0 aliphatic rings. The smallest absolute Gasteiger partial charge is 0.193 e. The van der Waals surface area contributed by atoms with Gasteiger partial charge in [0.05, 0.1) is 0 Å². The van der Waals surface area contributed by atoms with E-state index in [1.807, 2.05) is 56.3 Å². The van der Waals surface area contributed by atoms with Crippen LogP contribution in [0.3, 0.4) is 0 Å². The maximum atomic E-state index is 11.8. The number of hydrogen-bond acceptors (Lipinski definition) is 3. The highest BCUT2D eigenvalue weighted by molar-refractivity contribution is 5.94. The predicted molar refractivity (Wildman–Crippen MR) is 83.6 cm³/mol. The van der Waals surface area contributed by atoms with E-state index in [4.69, 9.17) is 4.74 Å². The first-order valence-electron chi connectivity index (χ1n) is 6.75. The van der Waals surface area contributed by atoms with Gasteiger partial charge in [-0.25, -0.2) is 0 Å². The second-order valence-electron chi connectivity index (χ2n) is 4.90. The number of phenolic OH excluding ortho intramolecular Hbond substituents is 1. The van der Waals surface area contributed by atoms with E-state index in [0.717, 1.165) is 16.7 Å². The minimum atomic E-state index is -0.109. The van der Waals surface area contributed by atoms with Gasteiger partial charge < -0.3 is 9.84 Å². The molecule has 108 valence electrons. The largest absolute Gasteiger partial charge is 0.507 e. The maximum Gasteiger partial charge on any atom is 0.193 e. The van der Waals surface area contributed by atoms with Crippen molar-refractivity contribution < 1.29 is 14.6 Å². The molecule has 0 saturated carbocycles. The van der Waals surface area contributed by atoms with Crippen molar-refractivity contribution in [2.24, 2.45) is 0 Å². The van der Waals surface area contributed by atoms with Gasteiger partial charge in [0.1, 0.15) is 11.5 Å². The molecule has 21 heavy (non-hydrogen) atoms. The molecule has 0 bridgehead atoms. The lowest BCUT2D eigenvalue weighted by atomic mass is 10.1. The topological polar surface area (TPSA) is 46.5 Å². The zero-order valence-electron chi connectivity index (χ0n) is 12.2. The van der Waals surface area contributed by atoms with E-state index in [2.05, 4.69) is 0 Å². The number of ketones is 1. The molecule has 0 aromatic heterocycles. The van der Waals surface area contributed by atoms with Crippen LogP contribution in [0.4, 0.5) is 0 Å². The number of aryl methyl sites for hydroxylation is 2. The Kier molecular flexibility index (Phi) is 4.77. The number of aromatic hydroxyl groups is 1. The number of hydrogen-bond donors (Lipinski definition) is 1. The van der Waals surface area contributed by atoms with Crippen LogP contribution < -0.4 is 4.74 Å². The molecule has 0 fully saturated rings. The Morgan fingerprint density at radius 1 is 1.14 bits per heavy atom. The van der Waals surface area contributed by atoms with E-state index in [-0.39, 0.29) is 12.4 Å². The van der Waals surface area contributed by atoms with Crippen LogP contribution in [0.25, 0.3) is 6.08 Å². The average Bonchev–Trinajstić information content (AvgIpc) is 2.49. The molecule has 0 aliphatic carbocycles. The third-order valence-corrected chi connectivity index (χ3v) is 3.10. The molecule has 2 rings (SSSR count). The Morgan fingerprint density at radius 2 is 1.76 bits per heavy atom. The van der Waals surface area contributed by atoms with Crippen molar-refractivity contribution >= 4 is 11.9 Å². The molecule has 2 aromatic carbocycles. The van der Waals surface area contributed by atoms with Gasteiger partial charge in [0.15, 0.2) is 12.4 Å². The van der Waals surface area contributed by atoms with E-state index in [1.165, 1.54) is 6.08 Å². The second-order valence-corrected chi connectivity index (χ2v) is 4.90. The second kappa shape index (κ2) is 6.75. The van der Waals surface area contributed by atoms with Crippen molar-refractivity contribution in [1.29, 1.82) is 0 Å². The van der Waals surface area contributed by atoms with Gasteiger partial charge >= 0.3 is 0 Å². The molecule has 0 unspecified atom stereocenters. The van der Waals surface area contributed by atoms with Crippen LogP contribution >= 0.6 is 0 Å². The van der Waals surface area contributed by atoms with Gasteiger partial charge in [0, 0.05) is 0 Å². The van der Waals surface area contributed by atoms with Crippen molar-refractivity contribution in [2.45, 2.75) is 13.8 Å². The number of rotatable bonds is 5. The summed E-state index contributed by atoms with van der Waals surface area (Å²) in [6, 6.07) is 12.9. The van der Waals surface area contributed by atoms with E-state index < -0.39 is 0 Å². The molecule has 0 aliphatic heterocycles.